The Morgan fingerprint density at radius 2 is 1.76 bits per heavy atom. The Labute approximate surface area is 177 Å². The molecule has 1 saturated heterocycles. The molecule has 2 aromatic heterocycles. The predicted molar refractivity (Wildman–Crippen MR) is 112 cm³/mol. The summed E-state index contributed by atoms with van der Waals surface area (Å²) in [4.78, 5) is 18.5. The average Bonchev–Trinajstić information content (AvgIpc) is 3.41. The van der Waals surface area contributed by atoms with Crippen LogP contribution in [0.2, 0.25) is 0 Å². The number of carbonyl (C=O) groups is 1. The average molecular weight is 432 g/mol. The zero-order chi connectivity index (χ0) is 20.1. The number of halogens is 1. The second kappa shape index (κ2) is 9.53. The minimum atomic E-state index is -0.291. The molecule has 0 atom stereocenters. The monoisotopic (exact) mass is 431 g/mol. The zero-order valence-electron chi connectivity index (χ0n) is 15.9. The summed E-state index contributed by atoms with van der Waals surface area (Å²) >= 11 is 3.13. The van der Waals surface area contributed by atoms with E-state index in [0.29, 0.717) is 11.6 Å². The smallest absolute Gasteiger partial charge is 0.282 e. The number of amides is 1. The third-order valence-corrected chi connectivity index (χ3v) is 6.58. The first kappa shape index (κ1) is 20.1. The second-order valence-electron chi connectivity index (χ2n) is 6.94. The summed E-state index contributed by atoms with van der Waals surface area (Å²) in [6.45, 7) is 6.09. The van der Waals surface area contributed by atoms with E-state index < -0.39 is 0 Å². The number of carbonyl (C=O) groups excluding carboxylic acids is 1. The van der Waals surface area contributed by atoms with E-state index in [2.05, 4.69) is 42.8 Å². The van der Waals surface area contributed by atoms with Crippen molar-refractivity contribution in [3.63, 3.8) is 0 Å². The quantitative estimate of drug-likeness (QED) is 0.623. The predicted octanol–water partition coefficient (Wildman–Crippen LogP) is 2.99. The van der Waals surface area contributed by atoms with Crippen LogP contribution in [0.5, 0.6) is 0 Å². The van der Waals surface area contributed by atoms with Gasteiger partial charge in [0.15, 0.2) is 0 Å². The van der Waals surface area contributed by atoms with E-state index in [1.54, 1.807) is 23.5 Å². The van der Waals surface area contributed by atoms with Crippen molar-refractivity contribution in [2.24, 2.45) is 0 Å². The molecule has 1 fully saturated rings. The Hall–Kier alpha value is -2.20. The maximum absolute atomic E-state index is 12.9. The minimum Gasteiger partial charge on any atom is -0.346 e. The first-order valence-electron chi connectivity index (χ1n) is 9.48. The van der Waals surface area contributed by atoms with Gasteiger partial charge in [-0.2, -0.15) is 0 Å². The van der Waals surface area contributed by atoms with E-state index in [1.807, 2.05) is 0 Å². The number of piperazine rings is 1. The maximum atomic E-state index is 12.9. The third kappa shape index (κ3) is 5.66. The largest absolute Gasteiger partial charge is 0.346 e. The molecule has 1 aliphatic heterocycles. The first-order valence-corrected chi connectivity index (χ1v) is 11.2. The first-order chi connectivity index (χ1) is 14.2. The van der Waals surface area contributed by atoms with Crippen LogP contribution in [0.1, 0.15) is 25.3 Å². The van der Waals surface area contributed by atoms with Crippen LogP contribution in [0, 0.1) is 5.82 Å². The van der Waals surface area contributed by atoms with Crippen molar-refractivity contribution in [1.29, 1.82) is 0 Å². The SMILES string of the molecule is O=C(NCc1ccc(F)cc1)c1nnc(CN2CCN(Cc3cccs3)CC2)s1. The Kier molecular flexibility index (Phi) is 6.60. The molecule has 29 heavy (non-hydrogen) atoms. The van der Waals surface area contributed by atoms with Gasteiger partial charge in [0.2, 0.25) is 5.01 Å². The van der Waals surface area contributed by atoms with Crippen LogP contribution in [0.3, 0.4) is 0 Å². The molecule has 152 valence electrons. The van der Waals surface area contributed by atoms with Gasteiger partial charge in [0.1, 0.15) is 10.8 Å². The number of rotatable bonds is 7. The molecule has 3 heterocycles. The van der Waals surface area contributed by atoms with Crippen molar-refractivity contribution in [3.05, 3.63) is 68.1 Å². The summed E-state index contributed by atoms with van der Waals surface area (Å²) in [6, 6.07) is 10.3. The van der Waals surface area contributed by atoms with Gasteiger partial charge in [-0.3, -0.25) is 14.6 Å². The maximum Gasteiger partial charge on any atom is 0.282 e. The molecule has 0 bridgehead atoms. The molecular formula is C20H22FN5OS2. The van der Waals surface area contributed by atoms with Gasteiger partial charge in [0.25, 0.3) is 5.91 Å². The number of hydrogen-bond acceptors (Lipinski definition) is 7. The summed E-state index contributed by atoms with van der Waals surface area (Å²) in [5.74, 6) is -0.542. The lowest BCUT2D eigenvalue weighted by Gasteiger charge is -2.33. The summed E-state index contributed by atoms with van der Waals surface area (Å²) < 4.78 is 12.9. The van der Waals surface area contributed by atoms with E-state index in [-0.39, 0.29) is 11.7 Å². The number of benzene rings is 1. The van der Waals surface area contributed by atoms with Gasteiger partial charge in [-0.1, -0.05) is 29.5 Å². The highest BCUT2D eigenvalue weighted by molar-refractivity contribution is 7.13. The molecule has 6 nitrogen and oxygen atoms in total. The second-order valence-corrected chi connectivity index (χ2v) is 9.04. The molecule has 0 radical (unpaired) electrons. The van der Waals surface area contributed by atoms with Gasteiger partial charge in [0.05, 0.1) is 6.54 Å². The van der Waals surface area contributed by atoms with Crippen LogP contribution in [0.15, 0.2) is 41.8 Å². The van der Waals surface area contributed by atoms with Crippen LogP contribution >= 0.6 is 22.7 Å². The van der Waals surface area contributed by atoms with Crippen molar-refractivity contribution in [3.8, 4) is 0 Å². The molecule has 0 unspecified atom stereocenters. The fourth-order valence-corrected chi connectivity index (χ4v) is 4.73. The Morgan fingerprint density at radius 1 is 1.03 bits per heavy atom. The third-order valence-electron chi connectivity index (χ3n) is 4.81. The van der Waals surface area contributed by atoms with E-state index >= 15 is 0 Å². The highest BCUT2D eigenvalue weighted by Crippen LogP contribution is 2.16. The standard InChI is InChI=1S/C20H22FN5OS2/c21-16-5-3-15(4-6-16)12-22-19(27)20-24-23-18(29-20)14-26-9-7-25(8-10-26)13-17-2-1-11-28-17/h1-6,11H,7-10,12-14H2,(H,22,27). The van der Waals surface area contributed by atoms with Gasteiger partial charge in [0, 0.05) is 44.1 Å². The van der Waals surface area contributed by atoms with Gasteiger partial charge in [-0.15, -0.1) is 21.5 Å². The molecule has 4 rings (SSSR count). The number of nitrogens with zero attached hydrogens (tertiary/aromatic N) is 4. The molecule has 1 aromatic carbocycles. The number of thiophene rings is 1. The Balaban J connectivity index is 1.23. The fourth-order valence-electron chi connectivity index (χ4n) is 3.19. The van der Waals surface area contributed by atoms with Crippen LogP contribution in [0.4, 0.5) is 4.39 Å². The fraction of sp³-hybridized carbons (Fsp3) is 0.350. The molecule has 0 saturated carbocycles. The summed E-state index contributed by atoms with van der Waals surface area (Å²) in [5.41, 5.74) is 0.838. The van der Waals surface area contributed by atoms with Gasteiger partial charge in [-0.25, -0.2) is 4.39 Å². The molecule has 3 aromatic rings. The summed E-state index contributed by atoms with van der Waals surface area (Å²) in [7, 11) is 0. The Bertz CT molecular complexity index is 921. The highest BCUT2D eigenvalue weighted by atomic mass is 32.1. The summed E-state index contributed by atoms with van der Waals surface area (Å²) in [5, 5.41) is 14.4. The lowest BCUT2D eigenvalue weighted by molar-refractivity contribution is 0.0950. The van der Waals surface area contributed by atoms with Crippen LogP contribution in [0.25, 0.3) is 0 Å². The Morgan fingerprint density at radius 3 is 2.45 bits per heavy atom. The van der Waals surface area contributed by atoms with E-state index in [1.165, 1.54) is 28.3 Å². The van der Waals surface area contributed by atoms with Crippen molar-refractivity contribution >= 4 is 28.6 Å². The van der Waals surface area contributed by atoms with Crippen molar-refractivity contribution in [2.75, 3.05) is 26.2 Å². The molecule has 1 amide bonds. The van der Waals surface area contributed by atoms with Gasteiger partial charge < -0.3 is 5.32 Å². The van der Waals surface area contributed by atoms with Gasteiger partial charge in [-0.05, 0) is 29.1 Å². The minimum absolute atomic E-state index is 0.251. The van der Waals surface area contributed by atoms with E-state index in [0.717, 1.165) is 49.8 Å². The van der Waals surface area contributed by atoms with Gasteiger partial charge >= 0.3 is 0 Å². The van der Waals surface area contributed by atoms with Crippen LogP contribution in [-0.2, 0) is 19.6 Å². The summed E-state index contributed by atoms with van der Waals surface area (Å²) in [6.07, 6.45) is 0. The van der Waals surface area contributed by atoms with Crippen LogP contribution < -0.4 is 5.32 Å². The number of hydrogen-bond donors (Lipinski definition) is 1. The normalized spacial score (nSPS) is 15.5. The van der Waals surface area contributed by atoms with Crippen LogP contribution in [-0.4, -0.2) is 52.1 Å². The number of nitrogens with one attached hydrogen (secondary N) is 1. The molecule has 0 aliphatic carbocycles. The lowest BCUT2D eigenvalue weighted by atomic mass is 10.2. The highest BCUT2D eigenvalue weighted by Gasteiger charge is 2.20. The van der Waals surface area contributed by atoms with E-state index in [9.17, 15) is 9.18 Å². The molecule has 1 aliphatic rings. The number of aromatic nitrogens is 2. The molecule has 1 N–H and O–H groups in total. The van der Waals surface area contributed by atoms with Crippen molar-refractivity contribution < 1.29 is 9.18 Å². The lowest BCUT2D eigenvalue weighted by Crippen LogP contribution is -2.45. The van der Waals surface area contributed by atoms with Crippen molar-refractivity contribution in [1.82, 2.24) is 25.3 Å². The molecule has 0 spiro atoms. The van der Waals surface area contributed by atoms with Crippen molar-refractivity contribution in [2.45, 2.75) is 19.6 Å². The molecule has 9 heteroatoms. The topological polar surface area (TPSA) is 61.4 Å². The van der Waals surface area contributed by atoms with E-state index in [4.69, 9.17) is 0 Å². The zero-order valence-corrected chi connectivity index (χ0v) is 17.5. The molecular weight excluding hydrogens is 409 g/mol.